The van der Waals surface area contributed by atoms with Crippen molar-refractivity contribution in [3.63, 3.8) is 0 Å². The number of amides is 2. The molecule has 3 aromatic heterocycles. The van der Waals surface area contributed by atoms with Crippen molar-refractivity contribution in [2.24, 2.45) is 5.41 Å². The quantitative estimate of drug-likeness (QED) is 0.592. The number of nitrogens with zero attached hydrogens (tertiary/aromatic N) is 5. The number of hydrogen-bond acceptors (Lipinski definition) is 6. The second-order valence-corrected chi connectivity index (χ2v) is 9.20. The zero-order chi connectivity index (χ0) is 21.5. The summed E-state index contributed by atoms with van der Waals surface area (Å²) in [6, 6.07) is 5.27. The smallest absolute Gasteiger partial charge is 0.278 e. The van der Waals surface area contributed by atoms with E-state index in [0.717, 1.165) is 17.6 Å². The van der Waals surface area contributed by atoms with Crippen LogP contribution < -0.4 is 10.6 Å². The minimum atomic E-state index is -0.400. The maximum atomic E-state index is 12.8. The molecule has 1 aliphatic heterocycles. The second-order valence-electron chi connectivity index (χ2n) is 8.28. The Labute approximate surface area is 182 Å². The minimum absolute atomic E-state index is 0.108. The molecule has 0 aliphatic carbocycles. The predicted octanol–water partition coefficient (Wildman–Crippen LogP) is 2.73. The van der Waals surface area contributed by atoms with Crippen LogP contribution in [0.5, 0.6) is 0 Å². The zero-order valence-corrected chi connectivity index (χ0v) is 18.5. The number of halogens is 1. The van der Waals surface area contributed by atoms with Gasteiger partial charge in [0.15, 0.2) is 5.69 Å². The monoisotopic (exact) mass is 471 g/mol. The van der Waals surface area contributed by atoms with Gasteiger partial charge in [-0.05, 0) is 46.5 Å². The average Bonchev–Trinajstić information content (AvgIpc) is 3.06. The third-order valence-electron chi connectivity index (χ3n) is 4.88. The number of likely N-dealkylation sites (tertiary alicyclic amines) is 1. The molecule has 0 aromatic carbocycles. The summed E-state index contributed by atoms with van der Waals surface area (Å²) in [7, 11) is 0. The van der Waals surface area contributed by atoms with Crippen LogP contribution in [0.15, 0.2) is 35.1 Å². The van der Waals surface area contributed by atoms with Gasteiger partial charge in [-0.3, -0.25) is 19.5 Å². The molecule has 4 rings (SSSR count). The SMILES string of the molecule is Cc1ncc(NC(=O)CN2CC(C)(C)C2)cc1NC(=O)c1nnn2cc(Br)ccc12. The summed E-state index contributed by atoms with van der Waals surface area (Å²) in [5.41, 5.74) is 2.72. The van der Waals surface area contributed by atoms with E-state index in [4.69, 9.17) is 0 Å². The molecule has 4 heterocycles. The van der Waals surface area contributed by atoms with Crippen LogP contribution >= 0.6 is 15.9 Å². The number of anilines is 2. The highest BCUT2D eigenvalue weighted by atomic mass is 79.9. The van der Waals surface area contributed by atoms with Crippen molar-refractivity contribution >= 4 is 44.6 Å². The van der Waals surface area contributed by atoms with E-state index in [-0.39, 0.29) is 17.0 Å². The lowest BCUT2D eigenvalue weighted by Crippen LogP contribution is -2.54. The Balaban J connectivity index is 1.45. The van der Waals surface area contributed by atoms with Crippen LogP contribution in [0.3, 0.4) is 0 Å². The predicted molar refractivity (Wildman–Crippen MR) is 116 cm³/mol. The highest BCUT2D eigenvalue weighted by Gasteiger charge is 2.34. The number of hydrogen-bond donors (Lipinski definition) is 2. The standard InChI is InChI=1S/C20H22BrN7O2/c1-12-15(24-19(30)18-16-5-4-13(21)8-28(16)26-25-18)6-14(7-22-12)23-17(29)9-27-10-20(2,3)11-27/h4-8H,9-11H2,1-3H3,(H,23,29)(H,24,30). The van der Waals surface area contributed by atoms with Crippen molar-refractivity contribution < 1.29 is 9.59 Å². The van der Waals surface area contributed by atoms with Gasteiger partial charge in [0, 0.05) is 23.8 Å². The van der Waals surface area contributed by atoms with Crippen molar-refractivity contribution in [1.29, 1.82) is 0 Å². The molecule has 9 nitrogen and oxygen atoms in total. The molecule has 1 aliphatic rings. The number of fused-ring (bicyclic) bond motifs is 1. The van der Waals surface area contributed by atoms with E-state index < -0.39 is 5.91 Å². The van der Waals surface area contributed by atoms with Crippen molar-refractivity contribution in [3.05, 3.63) is 46.5 Å². The Morgan fingerprint density at radius 2 is 2.00 bits per heavy atom. The van der Waals surface area contributed by atoms with Crippen molar-refractivity contribution in [2.45, 2.75) is 20.8 Å². The van der Waals surface area contributed by atoms with Crippen LogP contribution in [0.25, 0.3) is 5.52 Å². The largest absolute Gasteiger partial charge is 0.324 e. The molecule has 156 valence electrons. The van der Waals surface area contributed by atoms with Gasteiger partial charge < -0.3 is 10.6 Å². The van der Waals surface area contributed by atoms with Crippen molar-refractivity contribution in [2.75, 3.05) is 30.3 Å². The summed E-state index contributed by atoms with van der Waals surface area (Å²) >= 11 is 3.36. The fourth-order valence-electron chi connectivity index (χ4n) is 3.62. The van der Waals surface area contributed by atoms with Crippen LogP contribution in [0, 0.1) is 12.3 Å². The van der Waals surface area contributed by atoms with Crippen LogP contribution in [0.1, 0.15) is 30.0 Å². The molecule has 0 unspecified atom stereocenters. The van der Waals surface area contributed by atoms with Crippen LogP contribution in [-0.4, -0.2) is 56.2 Å². The lowest BCUT2D eigenvalue weighted by Gasteiger charge is -2.45. The van der Waals surface area contributed by atoms with Gasteiger partial charge in [-0.25, -0.2) is 4.52 Å². The van der Waals surface area contributed by atoms with Gasteiger partial charge in [0.25, 0.3) is 5.91 Å². The number of nitrogens with one attached hydrogen (secondary N) is 2. The number of aryl methyl sites for hydroxylation is 1. The Hall–Kier alpha value is -2.85. The van der Waals surface area contributed by atoms with E-state index in [9.17, 15) is 9.59 Å². The van der Waals surface area contributed by atoms with Crippen molar-refractivity contribution in [3.8, 4) is 0 Å². The summed E-state index contributed by atoms with van der Waals surface area (Å²) in [6.07, 6.45) is 3.30. The van der Waals surface area contributed by atoms with E-state index in [1.807, 2.05) is 6.07 Å². The molecule has 1 saturated heterocycles. The molecule has 2 N–H and O–H groups in total. The summed E-state index contributed by atoms with van der Waals surface area (Å²) in [5, 5.41) is 13.6. The van der Waals surface area contributed by atoms with Crippen LogP contribution in [0.4, 0.5) is 11.4 Å². The molecule has 0 radical (unpaired) electrons. The van der Waals surface area contributed by atoms with E-state index in [0.29, 0.717) is 29.1 Å². The van der Waals surface area contributed by atoms with Gasteiger partial charge >= 0.3 is 0 Å². The van der Waals surface area contributed by atoms with E-state index in [1.165, 1.54) is 4.52 Å². The number of pyridine rings is 2. The normalized spacial score (nSPS) is 15.6. The van der Waals surface area contributed by atoms with Gasteiger partial charge in [-0.15, -0.1) is 5.10 Å². The van der Waals surface area contributed by atoms with Crippen LogP contribution in [-0.2, 0) is 4.79 Å². The Morgan fingerprint density at radius 1 is 1.23 bits per heavy atom. The third kappa shape index (κ3) is 4.34. The van der Waals surface area contributed by atoms with Gasteiger partial charge in [-0.2, -0.15) is 0 Å². The first kappa shape index (κ1) is 20.4. The highest BCUT2D eigenvalue weighted by molar-refractivity contribution is 9.10. The van der Waals surface area contributed by atoms with Gasteiger partial charge in [0.05, 0.1) is 35.3 Å². The fraction of sp³-hybridized carbons (Fsp3) is 0.350. The maximum Gasteiger partial charge on any atom is 0.278 e. The van der Waals surface area contributed by atoms with Crippen LogP contribution in [0.2, 0.25) is 0 Å². The number of carbonyl (C=O) groups excluding carboxylic acids is 2. The molecule has 10 heteroatoms. The molecule has 2 amide bonds. The third-order valence-corrected chi connectivity index (χ3v) is 5.35. The summed E-state index contributed by atoms with van der Waals surface area (Å²) in [6.45, 7) is 8.27. The van der Waals surface area contributed by atoms with Crippen molar-refractivity contribution in [1.82, 2.24) is 24.7 Å². The summed E-state index contributed by atoms with van der Waals surface area (Å²) in [5.74, 6) is -0.508. The van der Waals surface area contributed by atoms with Gasteiger partial charge in [0.2, 0.25) is 5.91 Å². The molecular formula is C20H22BrN7O2. The Morgan fingerprint density at radius 3 is 2.73 bits per heavy atom. The Bertz CT molecular complexity index is 1130. The summed E-state index contributed by atoms with van der Waals surface area (Å²) < 4.78 is 2.36. The van der Waals surface area contributed by atoms with Gasteiger partial charge in [0.1, 0.15) is 0 Å². The lowest BCUT2D eigenvalue weighted by atomic mass is 9.84. The molecule has 30 heavy (non-hydrogen) atoms. The Kier molecular flexibility index (Phi) is 5.29. The number of rotatable bonds is 5. The molecule has 3 aromatic rings. The molecule has 1 fully saturated rings. The van der Waals surface area contributed by atoms with Gasteiger partial charge in [-0.1, -0.05) is 19.1 Å². The number of aromatic nitrogens is 4. The first-order chi connectivity index (χ1) is 14.2. The van der Waals surface area contributed by atoms with E-state index >= 15 is 0 Å². The topological polar surface area (TPSA) is 105 Å². The molecule has 0 saturated carbocycles. The molecular weight excluding hydrogens is 450 g/mol. The highest BCUT2D eigenvalue weighted by Crippen LogP contribution is 2.28. The van der Waals surface area contributed by atoms with E-state index in [2.05, 4.69) is 60.6 Å². The minimum Gasteiger partial charge on any atom is -0.324 e. The first-order valence-corrected chi connectivity index (χ1v) is 10.3. The van der Waals surface area contributed by atoms with E-state index in [1.54, 1.807) is 31.5 Å². The second kappa shape index (κ2) is 7.77. The molecule has 0 spiro atoms. The molecule has 0 atom stereocenters. The first-order valence-electron chi connectivity index (χ1n) is 9.51. The molecule has 0 bridgehead atoms. The fourth-order valence-corrected chi connectivity index (χ4v) is 3.95. The number of carbonyl (C=O) groups is 2. The zero-order valence-electron chi connectivity index (χ0n) is 16.9. The average molecular weight is 472 g/mol. The maximum absolute atomic E-state index is 12.8. The lowest BCUT2D eigenvalue weighted by molar-refractivity contribution is -0.120. The summed E-state index contributed by atoms with van der Waals surface area (Å²) in [4.78, 5) is 31.4.